The summed E-state index contributed by atoms with van der Waals surface area (Å²) in [5.74, 6) is 0.160. The van der Waals surface area contributed by atoms with E-state index >= 15 is 0 Å². The van der Waals surface area contributed by atoms with E-state index in [0.29, 0.717) is 12.5 Å². The third-order valence-corrected chi connectivity index (χ3v) is 6.04. The van der Waals surface area contributed by atoms with Crippen LogP contribution in [0.5, 0.6) is 0 Å². The monoisotopic (exact) mass is 414 g/mol. The van der Waals surface area contributed by atoms with Gasteiger partial charge in [-0.3, -0.25) is 9.59 Å². The lowest BCUT2D eigenvalue weighted by Gasteiger charge is -2.22. The van der Waals surface area contributed by atoms with Gasteiger partial charge in [0.2, 0.25) is 0 Å². The highest BCUT2D eigenvalue weighted by Gasteiger charge is 2.24. The van der Waals surface area contributed by atoms with E-state index in [-0.39, 0.29) is 24.4 Å². The maximum absolute atomic E-state index is 12.6. The number of hydrogen-bond donors (Lipinski definition) is 3. The van der Waals surface area contributed by atoms with Crippen molar-refractivity contribution in [3.8, 4) is 0 Å². The third kappa shape index (κ3) is 6.91. The number of benzene rings is 2. The number of nitrogens with one attached hydrogen (secondary N) is 3. The molecule has 156 valence electrons. The van der Waals surface area contributed by atoms with Crippen LogP contribution >= 0.6 is 11.8 Å². The Bertz CT molecular complexity index is 798. The van der Waals surface area contributed by atoms with Crippen LogP contribution in [0.3, 0.4) is 0 Å². The highest BCUT2D eigenvalue weighted by atomic mass is 32.2. The number of carbonyl (C=O) groups excluding carboxylic acids is 2. The summed E-state index contributed by atoms with van der Waals surface area (Å²) in [7, 11) is 1.87. The molecule has 0 aliphatic carbocycles. The minimum Gasteiger partial charge on any atom is -0.350 e. The molecule has 0 bridgehead atoms. The van der Waals surface area contributed by atoms with E-state index in [9.17, 15) is 9.59 Å². The van der Waals surface area contributed by atoms with E-state index in [0.717, 1.165) is 21.9 Å². The molecular formula is C23H32N3O2S+. The van der Waals surface area contributed by atoms with Gasteiger partial charge in [0.15, 0.2) is 12.6 Å². The van der Waals surface area contributed by atoms with E-state index in [2.05, 4.69) is 29.7 Å². The van der Waals surface area contributed by atoms with Gasteiger partial charge in [0.05, 0.1) is 12.7 Å². The SMILES string of the molecule is CC[C@H](CNC(=O)[C@H](C)[NH+](C)CC(=O)Nc1ccccc1SC)c1ccccc1. The second-order valence-electron chi connectivity index (χ2n) is 7.25. The molecule has 2 amide bonds. The van der Waals surface area contributed by atoms with Gasteiger partial charge in [0, 0.05) is 17.4 Å². The zero-order chi connectivity index (χ0) is 21.2. The fourth-order valence-electron chi connectivity index (χ4n) is 3.17. The molecule has 3 N–H and O–H groups in total. The first-order chi connectivity index (χ1) is 14.0. The molecule has 0 radical (unpaired) electrons. The van der Waals surface area contributed by atoms with Gasteiger partial charge in [-0.15, -0.1) is 11.8 Å². The Balaban J connectivity index is 1.85. The van der Waals surface area contributed by atoms with Crippen molar-refractivity contribution in [2.75, 3.05) is 31.7 Å². The highest BCUT2D eigenvalue weighted by Crippen LogP contribution is 2.24. The predicted molar refractivity (Wildman–Crippen MR) is 121 cm³/mol. The molecule has 1 unspecified atom stereocenters. The second kappa shape index (κ2) is 11.6. The molecule has 0 aliphatic heterocycles. The Labute approximate surface area is 178 Å². The van der Waals surface area contributed by atoms with Gasteiger partial charge in [-0.25, -0.2) is 0 Å². The van der Waals surface area contributed by atoms with Crippen LogP contribution in [0.15, 0.2) is 59.5 Å². The van der Waals surface area contributed by atoms with Crippen molar-refractivity contribution in [1.29, 1.82) is 0 Å². The van der Waals surface area contributed by atoms with Crippen LogP contribution < -0.4 is 15.5 Å². The number of carbonyl (C=O) groups is 2. The van der Waals surface area contributed by atoms with Crippen LogP contribution in [0.2, 0.25) is 0 Å². The number of quaternary nitrogens is 1. The number of hydrogen-bond acceptors (Lipinski definition) is 3. The standard InChI is InChI=1S/C23H31N3O2S/c1-5-18(19-11-7-6-8-12-19)15-24-23(28)17(2)26(3)16-22(27)25-20-13-9-10-14-21(20)29-4/h6-14,17-18H,5,15-16H2,1-4H3,(H,24,28)(H,25,27)/p+1/t17-,18+/m0/s1. The summed E-state index contributed by atoms with van der Waals surface area (Å²) < 4.78 is 0. The lowest BCUT2D eigenvalue weighted by molar-refractivity contribution is -0.885. The van der Waals surface area contributed by atoms with Gasteiger partial charge < -0.3 is 15.5 Å². The summed E-state index contributed by atoms with van der Waals surface area (Å²) in [6.07, 6.45) is 2.94. The number of thioether (sulfide) groups is 1. The van der Waals surface area contributed by atoms with Gasteiger partial charge in [0.1, 0.15) is 0 Å². The van der Waals surface area contributed by atoms with Crippen molar-refractivity contribution < 1.29 is 14.5 Å². The summed E-state index contributed by atoms with van der Waals surface area (Å²) in [6, 6.07) is 17.6. The van der Waals surface area contributed by atoms with Crippen molar-refractivity contribution in [3.05, 3.63) is 60.2 Å². The van der Waals surface area contributed by atoms with Gasteiger partial charge in [-0.2, -0.15) is 0 Å². The van der Waals surface area contributed by atoms with Crippen molar-refractivity contribution in [3.63, 3.8) is 0 Å². The number of para-hydroxylation sites is 1. The summed E-state index contributed by atoms with van der Waals surface area (Å²) >= 11 is 1.59. The van der Waals surface area contributed by atoms with Crippen LogP contribution in [0.1, 0.15) is 31.7 Å². The summed E-state index contributed by atoms with van der Waals surface area (Å²) in [5.41, 5.74) is 2.04. The fourth-order valence-corrected chi connectivity index (χ4v) is 3.73. The molecule has 2 aromatic carbocycles. The molecule has 0 spiro atoms. The van der Waals surface area contributed by atoms with Gasteiger partial charge in [-0.05, 0) is 37.3 Å². The van der Waals surface area contributed by atoms with Gasteiger partial charge >= 0.3 is 0 Å². The quantitative estimate of drug-likeness (QED) is 0.524. The minimum absolute atomic E-state index is 0.0332. The maximum Gasteiger partial charge on any atom is 0.279 e. The van der Waals surface area contributed by atoms with Crippen molar-refractivity contribution in [1.82, 2.24) is 5.32 Å². The van der Waals surface area contributed by atoms with Crippen molar-refractivity contribution >= 4 is 29.3 Å². The molecule has 0 fully saturated rings. The van der Waals surface area contributed by atoms with E-state index < -0.39 is 0 Å². The number of rotatable bonds is 10. The van der Waals surface area contributed by atoms with Crippen molar-refractivity contribution in [2.45, 2.75) is 37.1 Å². The van der Waals surface area contributed by atoms with E-state index in [1.807, 2.05) is 62.7 Å². The highest BCUT2D eigenvalue weighted by molar-refractivity contribution is 7.98. The lowest BCUT2D eigenvalue weighted by atomic mass is 9.96. The first kappa shape index (κ1) is 23.0. The van der Waals surface area contributed by atoms with E-state index in [4.69, 9.17) is 0 Å². The summed E-state index contributed by atoms with van der Waals surface area (Å²) in [6.45, 7) is 4.82. The molecule has 0 aromatic heterocycles. The Kier molecular flexibility index (Phi) is 9.22. The Morgan fingerprint density at radius 3 is 2.38 bits per heavy atom. The topological polar surface area (TPSA) is 62.6 Å². The average Bonchev–Trinajstić information content (AvgIpc) is 2.74. The molecule has 2 aromatic rings. The average molecular weight is 415 g/mol. The molecular weight excluding hydrogens is 382 g/mol. The number of anilines is 1. The smallest absolute Gasteiger partial charge is 0.279 e. The molecule has 0 saturated carbocycles. The Hall–Kier alpha value is -2.31. The van der Waals surface area contributed by atoms with Crippen LogP contribution in [-0.4, -0.2) is 44.2 Å². The lowest BCUT2D eigenvalue weighted by Crippen LogP contribution is -3.15. The molecule has 0 saturated heterocycles. The summed E-state index contributed by atoms with van der Waals surface area (Å²) in [4.78, 5) is 26.9. The summed E-state index contributed by atoms with van der Waals surface area (Å²) in [5, 5.41) is 6.01. The van der Waals surface area contributed by atoms with E-state index in [1.165, 1.54) is 5.56 Å². The Morgan fingerprint density at radius 2 is 1.72 bits per heavy atom. The van der Waals surface area contributed by atoms with Gasteiger partial charge in [0.25, 0.3) is 11.8 Å². The number of likely N-dealkylation sites (N-methyl/N-ethyl adjacent to an activating group) is 1. The molecule has 29 heavy (non-hydrogen) atoms. The zero-order valence-corrected chi connectivity index (χ0v) is 18.5. The predicted octanol–water partition coefficient (Wildman–Crippen LogP) is 2.56. The first-order valence-electron chi connectivity index (χ1n) is 10.0. The third-order valence-electron chi connectivity index (χ3n) is 5.24. The van der Waals surface area contributed by atoms with Crippen LogP contribution in [-0.2, 0) is 9.59 Å². The molecule has 3 atom stereocenters. The largest absolute Gasteiger partial charge is 0.350 e. The molecule has 2 rings (SSSR count). The molecule has 0 heterocycles. The zero-order valence-electron chi connectivity index (χ0n) is 17.7. The van der Waals surface area contributed by atoms with Crippen LogP contribution in [0.25, 0.3) is 0 Å². The van der Waals surface area contributed by atoms with Crippen LogP contribution in [0, 0.1) is 0 Å². The Morgan fingerprint density at radius 1 is 1.07 bits per heavy atom. The fraction of sp³-hybridized carbons (Fsp3) is 0.391. The molecule has 5 nitrogen and oxygen atoms in total. The maximum atomic E-state index is 12.6. The number of amides is 2. The minimum atomic E-state index is -0.315. The second-order valence-corrected chi connectivity index (χ2v) is 8.10. The molecule has 6 heteroatoms. The van der Waals surface area contributed by atoms with E-state index in [1.54, 1.807) is 11.8 Å². The van der Waals surface area contributed by atoms with Crippen molar-refractivity contribution in [2.24, 2.45) is 0 Å². The normalized spacial score (nSPS) is 13.9. The first-order valence-corrected chi connectivity index (χ1v) is 11.3. The van der Waals surface area contributed by atoms with Crippen LogP contribution in [0.4, 0.5) is 5.69 Å². The van der Waals surface area contributed by atoms with Gasteiger partial charge in [-0.1, -0.05) is 49.4 Å². The molecule has 0 aliphatic rings.